The molecule has 0 saturated heterocycles. The Morgan fingerprint density at radius 1 is 1.00 bits per heavy atom. The van der Waals surface area contributed by atoms with Crippen LogP contribution in [0.4, 0.5) is 5.69 Å². The number of nitrogens with zero attached hydrogens (tertiary/aromatic N) is 2. The SMILES string of the molecule is O=C1Nc2ccc(Cl)cc2/C1=N/N=C/c1ccc(Cl)cc1. The number of rotatable bonds is 2. The van der Waals surface area contributed by atoms with Crippen molar-refractivity contribution in [1.29, 1.82) is 0 Å². The van der Waals surface area contributed by atoms with E-state index in [1.165, 1.54) is 0 Å². The van der Waals surface area contributed by atoms with Crippen molar-refractivity contribution < 1.29 is 4.79 Å². The Morgan fingerprint density at radius 3 is 2.48 bits per heavy atom. The van der Waals surface area contributed by atoms with Crippen LogP contribution in [0.5, 0.6) is 0 Å². The van der Waals surface area contributed by atoms with Crippen LogP contribution in [-0.2, 0) is 4.79 Å². The molecule has 0 saturated carbocycles. The van der Waals surface area contributed by atoms with Crippen molar-refractivity contribution in [1.82, 2.24) is 0 Å². The molecular weight excluding hydrogens is 309 g/mol. The number of carbonyl (C=O) groups excluding carboxylic acids is 1. The van der Waals surface area contributed by atoms with Crippen LogP contribution in [0.2, 0.25) is 10.0 Å². The highest BCUT2D eigenvalue weighted by molar-refractivity contribution is 6.54. The predicted molar refractivity (Wildman–Crippen MR) is 85.7 cm³/mol. The van der Waals surface area contributed by atoms with Crippen LogP contribution in [0, 0.1) is 0 Å². The zero-order valence-corrected chi connectivity index (χ0v) is 12.2. The molecule has 0 atom stereocenters. The largest absolute Gasteiger partial charge is 0.320 e. The number of nitrogens with one attached hydrogen (secondary N) is 1. The van der Waals surface area contributed by atoms with Crippen molar-refractivity contribution in [3.63, 3.8) is 0 Å². The quantitative estimate of drug-likeness (QED) is 0.665. The van der Waals surface area contributed by atoms with Gasteiger partial charge in [-0.3, -0.25) is 4.79 Å². The Kier molecular flexibility index (Phi) is 3.73. The fourth-order valence-corrected chi connectivity index (χ4v) is 2.22. The molecule has 1 aliphatic rings. The third-order valence-electron chi connectivity index (χ3n) is 2.93. The Bertz CT molecular complexity index is 767. The van der Waals surface area contributed by atoms with Gasteiger partial charge in [0, 0.05) is 15.6 Å². The summed E-state index contributed by atoms with van der Waals surface area (Å²) in [5.41, 5.74) is 2.43. The minimum absolute atomic E-state index is 0.248. The molecule has 0 spiro atoms. The maximum absolute atomic E-state index is 11.9. The van der Waals surface area contributed by atoms with Crippen molar-refractivity contribution in [2.24, 2.45) is 10.2 Å². The first-order valence-electron chi connectivity index (χ1n) is 6.11. The van der Waals surface area contributed by atoms with Gasteiger partial charge in [0.1, 0.15) is 0 Å². The van der Waals surface area contributed by atoms with Gasteiger partial charge in [-0.05, 0) is 35.9 Å². The van der Waals surface area contributed by atoms with Crippen LogP contribution in [-0.4, -0.2) is 17.8 Å². The van der Waals surface area contributed by atoms with E-state index in [9.17, 15) is 4.79 Å². The Balaban J connectivity index is 1.88. The lowest BCUT2D eigenvalue weighted by atomic mass is 10.1. The summed E-state index contributed by atoms with van der Waals surface area (Å²) in [6.07, 6.45) is 1.55. The van der Waals surface area contributed by atoms with Crippen molar-refractivity contribution in [2.75, 3.05) is 5.32 Å². The second kappa shape index (κ2) is 5.68. The lowest BCUT2D eigenvalue weighted by Gasteiger charge is -1.96. The van der Waals surface area contributed by atoms with Crippen LogP contribution >= 0.6 is 23.2 Å². The van der Waals surface area contributed by atoms with E-state index >= 15 is 0 Å². The number of halogens is 2. The van der Waals surface area contributed by atoms with Gasteiger partial charge in [-0.15, -0.1) is 5.10 Å². The number of hydrogen-bond donors (Lipinski definition) is 1. The average Bonchev–Trinajstić information content (AvgIpc) is 2.77. The number of fused-ring (bicyclic) bond motifs is 1. The van der Waals surface area contributed by atoms with Gasteiger partial charge in [0.15, 0.2) is 5.71 Å². The lowest BCUT2D eigenvalue weighted by Crippen LogP contribution is -2.13. The van der Waals surface area contributed by atoms with E-state index in [2.05, 4.69) is 15.5 Å². The van der Waals surface area contributed by atoms with Crippen molar-refractivity contribution >= 4 is 46.7 Å². The molecule has 1 heterocycles. The van der Waals surface area contributed by atoms with E-state index in [-0.39, 0.29) is 11.6 Å². The summed E-state index contributed by atoms with van der Waals surface area (Å²) < 4.78 is 0. The predicted octanol–water partition coefficient (Wildman–Crippen LogP) is 3.77. The van der Waals surface area contributed by atoms with Crippen molar-refractivity contribution in [2.45, 2.75) is 0 Å². The fourth-order valence-electron chi connectivity index (χ4n) is 1.93. The Hall–Kier alpha value is -2.17. The van der Waals surface area contributed by atoms with E-state index in [0.29, 0.717) is 21.3 Å². The molecule has 1 N–H and O–H groups in total. The molecule has 0 radical (unpaired) electrons. The molecule has 3 rings (SSSR count). The third-order valence-corrected chi connectivity index (χ3v) is 3.42. The molecule has 0 unspecified atom stereocenters. The van der Waals surface area contributed by atoms with Gasteiger partial charge in [-0.2, -0.15) is 5.10 Å². The summed E-state index contributed by atoms with van der Waals surface area (Å²) in [7, 11) is 0. The molecular formula is C15H9Cl2N3O. The van der Waals surface area contributed by atoms with E-state index in [1.807, 2.05) is 12.1 Å². The lowest BCUT2D eigenvalue weighted by molar-refractivity contribution is -0.110. The van der Waals surface area contributed by atoms with Crippen LogP contribution in [0.1, 0.15) is 11.1 Å². The second-order valence-corrected chi connectivity index (χ2v) is 5.26. The zero-order chi connectivity index (χ0) is 14.8. The van der Waals surface area contributed by atoms with Gasteiger partial charge >= 0.3 is 0 Å². The number of amides is 1. The molecule has 6 heteroatoms. The van der Waals surface area contributed by atoms with Gasteiger partial charge < -0.3 is 5.32 Å². The smallest absolute Gasteiger partial charge is 0.276 e. The molecule has 0 bridgehead atoms. The highest BCUT2D eigenvalue weighted by atomic mass is 35.5. The van der Waals surface area contributed by atoms with Crippen LogP contribution in [0.25, 0.3) is 0 Å². The first-order chi connectivity index (χ1) is 10.1. The normalized spacial score (nSPS) is 15.5. The highest BCUT2D eigenvalue weighted by Gasteiger charge is 2.26. The maximum Gasteiger partial charge on any atom is 0.276 e. The van der Waals surface area contributed by atoms with Gasteiger partial charge in [0.25, 0.3) is 5.91 Å². The van der Waals surface area contributed by atoms with Crippen LogP contribution in [0.3, 0.4) is 0 Å². The number of anilines is 1. The molecule has 4 nitrogen and oxygen atoms in total. The van der Waals surface area contributed by atoms with E-state index in [0.717, 1.165) is 5.56 Å². The van der Waals surface area contributed by atoms with Crippen LogP contribution < -0.4 is 5.32 Å². The van der Waals surface area contributed by atoms with Gasteiger partial charge in [-0.1, -0.05) is 35.3 Å². The number of carbonyl (C=O) groups is 1. The molecule has 21 heavy (non-hydrogen) atoms. The molecule has 104 valence electrons. The van der Waals surface area contributed by atoms with Crippen molar-refractivity contribution in [3.05, 3.63) is 63.6 Å². The summed E-state index contributed by atoms with van der Waals surface area (Å²) in [5.74, 6) is -0.291. The summed E-state index contributed by atoms with van der Waals surface area (Å²) in [6, 6.07) is 12.3. The van der Waals surface area contributed by atoms with E-state index in [4.69, 9.17) is 23.2 Å². The molecule has 0 aliphatic carbocycles. The third kappa shape index (κ3) is 2.96. The Labute approximate surface area is 131 Å². The van der Waals surface area contributed by atoms with Gasteiger partial charge in [0.2, 0.25) is 0 Å². The minimum atomic E-state index is -0.291. The molecule has 2 aromatic rings. The summed E-state index contributed by atoms with van der Waals surface area (Å²) in [5, 5.41) is 11.8. The zero-order valence-electron chi connectivity index (χ0n) is 10.7. The number of benzene rings is 2. The minimum Gasteiger partial charge on any atom is -0.320 e. The molecule has 0 fully saturated rings. The highest BCUT2D eigenvalue weighted by Crippen LogP contribution is 2.26. The van der Waals surface area contributed by atoms with E-state index < -0.39 is 0 Å². The number of hydrogen-bond acceptors (Lipinski definition) is 3. The monoisotopic (exact) mass is 317 g/mol. The molecule has 1 amide bonds. The maximum atomic E-state index is 11.9. The first kappa shape index (κ1) is 13.8. The Morgan fingerprint density at radius 2 is 1.71 bits per heavy atom. The fraction of sp³-hybridized carbons (Fsp3) is 0. The average molecular weight is 318 g/mol. The van der Waals surface area contributed by atoms with E-state index in [1.54, 1.807) is 36.5 Å². The summed E-state index contributed by atoms with van der Waals surface area (Å²) in [6.45, 7) is 0. The topological polar surface area (TPSA) is 53.8 Å². The van der Waals surface area contributed by atoms with Gasteiger partial charge in [0.05, 0.1) is 11.9 Å². The summed E-state index contributed by atoms with van der Waals surface area (Å²) >= 11 is 11.7. The molecule has 1 aliphatic heterocycles. The van der Waals surface area contributed by atoms with Gasteiger partial charge in [-0.25, -0.2) is 0 Å². The standard InChI is InChI=1S/C15H9Cl2N3O/c16-10-3-1-9(2-4-10)8-18-20-14-12-7-11(17)5-6-13(12)19-15(14)21/h1-8H,(H,19,20,21)/b18-8+. The van der Waals surface area contributed by atoms with Crippen molar-refractivity contribution in [3.8, 4) is 0 Å². The molecule has 0 aromatic heterocycles. The second-order valence-electron chi connectivity index (χ2n) is 4.39. The van der Waals surface area contributed by atoms with Crippen LogP contribution in [0.15, 0.2) is 52.7 Å². The summed E-state index contributed by atoms with van der Waals surface area (Å²) in [4.78, 5) is 11.9. The first-order valence-corrected chi connectivity index (χ1v) is 6.87. The molecule has 2 aromatic carbocycles.